The first kappa shape index (κ1) is 40.9. The number of piperidine rings is 3. The minimum Gasteiger partial charge on any atom is -0.371 e. The third-order valence-corrected chi connectivity index (χ3v) is 14.6. The average Bonchev–Trinajstić information content (AvgIpc) is 4.02. The molecule has 3 unspecified atom stereocenters. The van der Waals surface area contributed by atoms with Crippen molar-refractivity contribution >= 4 is 52.8 Å². The molecular formula is C46H55N11O6. The highest BCUT2D eigenvalue weighted by molar-refractivity contribution is 6.23. The first-order valence-corrected chi connectivity index (χ1v) is 22.6. The van der Waals surface area contributed by atoms with E-state index in [0.717, 1.165) is 107 Å². The molecular weight excluding hydrogens is 803 g/mol. The van der Waals surface area contributed by atoms with Gasteiger partial charge in [0.2, 0.25) is 11.8 Å². The number of hydrogen-bond donors (Lipinski definition) is 2. The fourth-order valence-electron chi connectivity index (χ4n) is 11.2. The Labute approximate surface area is 366 Å². The van der Waals surface area contributed by atoms with E-state index in [1.54, 1.807) is 23.2 Å². The van der Waals surface area contributed by atoms with E-state index in [4.69, 9.17) is 10.7 Å². The number of urea groups is 1. The summed E-state index contributed by atoms with van der Waals surface area (Å²) >= 11 is 0. The molecule has 3 aromatic rings. The van der Waals surface area contributed by atoms with Gasteiger partial charge in [-0.05, 0) is 85.8 Å². The van der Waals surface area contributed by atoms with Gasteiger partial charge in [-0.2, -0.15) is 0 Å². The van der Waals surface area contributed by atoms with Crippen molar-refractivity contribution in [2.75, 3.05) is 93.7 Å². The Bertz CT molecular complexity index is 2340. The molecule has 0 bridgehead atoms. The SMILES string of the molecule is CN1CCN([C@@H]2CCCN(c3cnc(C(N)=O)c(Cc4ccc(N5CC6CN(CC7CCN(c8ccc9c(c8)C(=O)N(C8CCC(=O)NC8=O)C9=O)CC7)CC6C5)cc4)n3)C2)C1=O. The van der Waals surface area contributed by atoms with Crippen molar-refractivity contribution in [1.82, 2.24) is 34.9 Å². The number of benzene rings is 2. The van der Waals surface area contributed by atoms with Crippen LogP contribution in [0.15, 0.2) is 48.7 Å². The Morgan fingerprint density at radius 3 is 2.21 bits per heavy atom. The number of carbonyl (C=O) groups is 6. The number of likely N-dealkylation sites (N-methyl/N-ethyl adjacent to an activating group) is 1. The molecule has 7 aliphatic rings. The number of hydrogen-bond acceptors (Lipinski definition) is 12. The molecule has 0 radical (unpaired) electrons. The fraction of sp³-hybridized carbons (Fsp3) is 0.522. The van der Waals surface area contributed by atoms with Crippen LogP contribution in [0.3, 0.4) is 0 Å². The molecule has 3 N–H and O–H groups in total. The fourth-order valence-corrected chi connectivity index (χ4v) is 11.2. The van der Waals surface area contributed by atoms with Crippen molar-refractivity contribution in [3.8, 4) is 0 Å². The first-order valence-electron chi connectivity index (χ1n) is 22.6. The number of imide groups is 2. The molecule has 7 aliphatic heterocycles. The average molecular weight is 858 g/mol. The van der Waals surface area contributed by atoms with Crippen molar-refractivity contribution in [1.29, 1.82) is 0 Å². The molecule has 6 saturated heterocycles. The molecule has 17 nitrogen and oxygen atoms in total. The number of aromatic nitrogens is 2. The smallest absolute Gasteiger partial charge is 0.320 e. The maximum atomic E-state index is 13.4. The van der Waals surface area contributed by atoms with Gasteiger partial charge in [0.15, 0.2) is 0 Å². The van der Waals surface area contributed by atoms with Crippen LogP contribution in [0.25, 0.3) is 0 Å². The molecule has 6 fully saturated rings. The second kappa shape index (κ2) is 16.5. The van der Waals surface area contributed by atoms with E-state index in [2.05, 4.69) is 54.2 Å². The predicted molar refractivity (Wildman–Crippen MR) is 233 cm³/mol. The summed E-state index contributed by atoms with van der Waals surface area (Å²) in [6.45, 7) is 10.0. The molecule has 0 spiro atoms. The van der Waals surface area contributed by atoms with E-state index in [1.807, 2.05) is 18.0 Å². The van der Waals surface area contributed by atoms with E-state index in [0.29, 0.717) is 53.4 Å². The van der Waals surface area contributed by atoms with E-state index in [1.165, 1.54) is 5.69 Å². The number of nitrogens with zero attached hydrogens (tertiary/aromatic N) is 9. The summed E-state index contributed by atoms with van der Waals surface area (Å²) in [5.41, 5.74) is 10.3. The highest BCUT2D eigenvalue weighted by Crippen LogP contribution is 2.37. The number of primary amides is 1. The van der Waals surface area contributed by atoms with Crippen LogP contribution in [0.2, 0.25) is 0 Å². The van der Waals surface area contributed by atoms with Crippen LogP contribution in [-0.2, 0) is 16.0 Å². The quantitative estimate of drug-likeness (QED) is 0.284. The van der Waals surface area contributed by atoms with Gasteiger partial charge in [-0.3, -0.25) is 34.2 Å². The highest BCUT2D eigenvalue weighted by atomic mass is 16.2. The van der Waals surface area contributed by atoms with Crippen molar-refractivity contribution in [3.63, 3.8) is 0 Å². The van der Waals surface area contributed by atoms with Crippen LogP contribution in [-0.4, -0.2) is 156 Å². The number of anilines is 3. The number of carbonyl (C=O) groups excluding carboxylic acids is 6. The van der Waals surface area contributed by atoms with Gasteiger partial charge in [0, 0.05) is 103 Å². The molecule has 8 heterocycles. The Morgan fingerprint density at radius 1 is 0.778 bits per heavy atom. The minimum atomic E-state index is -0.968. The predicted octanol–water partition coefficient (Wildman–Crippen LogP) is 2.19. The summed E-state index contributed by atoms with van der Waals surface area (Å²) in [4.78, 5) is 99.6. The zero-order valence-corrected chi connectivity index (χ0v) is 35.8. The summed E-state index contributed by atoms with van der Waals surface area (Å²) in [6.07, 6.45) is 6.29. The molecule has 63 heavy (non-hydrogen) atoms. The molecule has 4 atom stereocenters. The molecule has 7 amide bonds. The molecule has 2 aromatic carbocycles. The van der Waals surface area contributed by atoms with Crippen LogP contribution in [0.1, 0.15) is 81.0 Å². The normalized spacial score (nSPS) is 25.7. The highest BCUT2D eigenvalue weighted by Gasteiger charge is 2.45. The van der Waals surface area contributed by atoms with Gasteiger partial charge in [0.05, 0.1) is 29.1 Å². The third-order valence-electron chi connectivity index (χ3n) is 14.6. The number of nitrogens with two attached hydrogens (primary N) is 1. The van der Waals surface area contributed by atoms with Gasteiger partial charge >= 0.3 is 6.03 Å². The van der Waals surface area contributed by atoms with E-state index < -0.39 is 29.7 Å². The van der Waals surface area contributed by atoms with Gasteiger partial charge in [-0.25, -0.2) is 14.8 Å². The Balaban J connectivity index is 0.703. The summed E-state index contributed by atoms with van der Waals surface area (Å²) in [5, 5.41) is 2.25. The van der Waals surface area contributed by atoms with Crippen molar-refractivity contribution in [2.45, 2.75) is 57.0 Å². The van der Waals surface area contributed by atoms with Crippen molar-refractivity contribution in [2.24, 2.45) is 23.5 Å². The van der Waals surface area contributed by atoms with Crippen molar-refractivity contribution < 1.29 is 28.8 Å². The van der Waals surface area contributed by atoms with E-state index in [-0.39, 0.29) is 36.5 Å². The van der Waals surface area contributed by atoms with E-state index in [9.17, 15) is 28.8 Å². The topological polar surface area (TPSA) is 189 Å². The van der Waals surface area contributed by atoms with Gasteiger partial charge in [0.1, 0.15) is 17.6 Å². The van der Waals surface area contributed by atoms with Gasteiger partial charge in [-0.1, -0.05) is 12.1 Å². The van der Waals surface area contributed by atoms with Crippen LogP contribution >= 0.6 is 0 Å². The number of amides is 7. The summed E-state index contributed by atoms with van der Waals surface area (Å²) < 4.78 is 0. The molecule has 0 saturated carbocycles. The van der Waals surface area contributed by atoms with Crippen LogP contribution < -0.4 is 25.8 Å². The number of nitrogens with one attached hydrogen (secondary N) is 1. The Hall–Kier alpha value is -6.10. The maximum absolute atomic E-state index is 13.4. The van der Waals surface area contributed by atoms with E-state index >= 15 is 0 Å². The van der Waals surface area contributed by atoms with Crippen molar-refractivity contribution in [3.05, 3.63) is 76.7 Å². The lowest BCUT2D eigenvalue weighted by Gasteiger charge is -2.37. The Morgan fingerprint density at radius 2 is 1.51 bits per heavy atom. The maximum Gasteiger partial charge on any atom is 0.320 e. The molecule has 0 aliphatic carbocycles. The summed E-state index contributed by atoms with van der Waals surface area (Å²) in [7, 11) is 1.84. The zero-order valence-electron chi connectivity index (χ0n) is 35.8. The lowest BCUT2D eigenvalue weighted by Crippen LogP contribution is -2.54. The summed E-state index contributed by atoms with van der Waals surface area (Å²) in [6, 6.07) is 13.2. The molecule has 330 valence electrons. The standard InChI is InChI=1S/C46H55N11O6/c1-51-17-18-56(46(51)63)34-3-2-14-54(27-34)39-21-48-41(42(47)59)37(49-39)19-28-4-6-32(7-5-28)55-25-30-23-52(24-31(30)26-55)22-29-12-15-53(16-13-29)33-8-9-35-36(20-33)45(62)57(44(35)61)38-10-11-40(58)50-43(38)60/h4-9,20-21,29-31,34,38H,2-3,10-19,22-27H2,1H3,(H2,47,59)(H,50,58,60)/t30?,31?,34-,38?/m1/s1. The monoisotopic (exact) mass is 857 g/mol. The second-order valence-electron chi connectivity index (χ2n) is 18.6. The van der Waals surface area contributed by atoms with Crippen LogP contribution in [0.5, 0.6) is 0 Å². The Kier molecular flexibility index (Phi) is 10.8. The number of fused-ring (bicyclic) bond motifs is 2. The zero-order chi connectivity index (χ0) is 43.5. The molecule has 10 rings (SSSR count). The number of likely N-dealkylation sites (tertiary alicyclic amines) is 1. The van der Waals surface area contributed by atoms with Crippen LogP contribution in [0.4, 0.5) is 22.0 Å². The third kappa shape index (κ3) is 7.84. The molecule has 17 heteroatoms. The minimum absolute atomic E-state index is 0.0751. The van der Waals surface area contributed by atoms with Gasteiger partial charge in [-0.15, -0.1) is 0 Å². The van der Waals surface area contributed by atoms with Gasteiger partial charge in [0.25, 0.3) is 17.7 Å². The first-order chi connectivity index (χ1) is 30.5. The second-order valence-corrected chi connectivity index (χ2v) is 18.6. The number of rotatable bonds is 10. The van der Waals surface area contributed by atoms with Gasteiger partial charge < -0.3 is 35.1 Å². The lowest BCUT2D eigenvalue weighted by molar-refractivity contribution is -0.136. The lowest BCUT2D eigenvalue weighted by atomic mass is 9.95. The molecule has 1 aromatic heterocycles. The largest absolute Gasteiger partial charge is 0.371 e. The van der Waals surface area contributed by atoms with Crippen LogP contribution in [0, 0.1) is 17.8 Å². The summed E-state index contributed by atoms with van der Waals surface area (Å²) in [5.74, 6) is -0.0125.